The molecule has 22 rings (SSSR count). The van der Waals surface area contributed by atoms with Crippen LogP contribution in [0, 0.1) is 77.9 Å². The Labute approximate surface area is 446 Å². The maximum atomic E-state index is 3.02. The Kier molecular flexibility index (Phi) is 7.95. The summed E-state index contributed by atoms with van der Waals surface area (Å²) in [6.07, 6.45) is 33.3. The van der Waals surface area contributed by atoms with Gasteiger partial charge in [0.05, 0.1) is 11.0 Å². The maximum Gasteiger partial charge on any atom is 0.333 e. The zero-order valence-electron chi connectivity index (χ0n) is 45.6. The van der Waals surface area contributed by atoms with Crippen molar-refractivity contribution in [3.05, 3.63) is 101 Å². The van der Waals surface area contributed by atoms with E-state index in [1.54, 1.807) is 71.4 Å². The SMILES string of the molecule is Cc1cc2c3c(c1)-n1c4ccc(C56CCC7CC(CC7C5)C6)cc4c4cc(C56CC7CC(CC(C7)C5)C6)cc(c41)B3n1c3ccc(C45CC6CC(CC(C6)C4)C5)cc3c3cc(C45CC(C)CC(CC(C)C4)C5)cc-2c31. The third-order valence-corrected chi connectivity index (χ3v) is 26.9. The lowest BCUT2D eigenvalue weighted by Crippen LogP contribution is -2.56. The second kappa shape index (κ2) is 14.0. The van der Waals surface area contributed by atoms with Gasteiger partial charge in [-0.3, -0.25) is 0 Å². The summed E-state index contributed by atoms with van der Waals surface area (Å²) in [4.78, 5) is 0. The van der Waals surface area contributed by atoms with Gasteiger partial charge in [-0.2, -0.15) is 0 Å². The molecule has 4 heterocycles. The van der Waals surface area contributed by atoms with Gasteiger partial charge in [-0.15, -0.1) is 0 Å². The first-order valence-electron chi connectivity index (χ1n) is 31.9. The Bertz CT molecular complexity index is 3650. The van der Waals surface area contributed by atoms with E-state index in [0.717, 1.165) is 71.0 Å². The van der Waals surface area contributed by atoms with Crippen LogP contribution in [-0.4, -0.2) is 15.9 Å². The predicted molar refractivity (Wildman–Crippen MR) is 311 cm³/mol. The number of aromatic nitrogens is 2. The van der Waals surface area contributed by atoms with Gasteiger partial charge in [-0.1, -0.05) is 38.1 Å². The third kappa shape index (κ3) is 5.44. The molecule has 0 saturated heterocycles. The van der Waals surface area contributed by atoms with Crippen LogP contribution in [0.25, 0.3) is 60.4 Å². The average molecular weight is 983 g/mol. The molecule has 7 aromatic rings. The highest BCUT2D eigenvalue weighted by Crippen LogP contribution is 2.65. The summed E-state index contributed by atoms with van der Waals surface area (Å²) in [7, 11) is 0. The van der Waals surface area contributed by atoms with Crippen LogP contribution >= 0.6 is 0 Å². The van der Waals surface area contributed by atoms with Crippen LogP contribution in [0.5, 0.6) is 0 Å². The van der Waals surface area contributed by atoms with Crippen LogP contribution in [0.4, 0.5) is 0 Å². The first-order valence-corrected chi connectivity index (χ1v) is 31.9. The minimum absolute atomic E-state index is 0.141. The van der Waals surface area contributed by atoms with E-state index in [0.29, 0.717) is 16.2 Å². The predicted octanol–water partition coefficient (Wildman–Crippen LogP) is 16.7. The lowest BCUT2D eigenvalue weighted by molar-refractivity contribution is -0.00523. The van der Waals surface area contributed by atoms with Crippen molar-refractivity contribution in [1.29, 1.82) is 0 Å². The highest BCUT2D eigenvalue weighted by Gasteiger charge is 2.56. The van der Waals surface area contributed by atoms with E-state index in [1.165, 1.54) is 175 Å². The second-order valence-corrected chi connectivity index (χ2v) is 31.6. The molecular formula is C72H79BN2. The van der Waals surface area contributed by atoms with Crippen molar-refractivity contribution in [3.63, 3.8) is 0 Å². The van der Waals surface area contributed by atoms with Crippen molar-refractivity contribution in [2.24, 2.45) is 71.0 Å². The Morgan fingerprint density at radius 1 is 0.427 bits per heavy atom. The molecule has 0 spiro atoms. The van der Waals surface area contributed by atoms with Gasteiger partial charge in [-0.05, 0) is 340 Å². The van der Waals surface area contributed by atoms with Gasteiger partial charge in [0.2, 0.25) is 0 Å². The summed E-state index contributed by atoms with van der Waals surface area (Å²) in [5.41, 5.74) is 23.4. The second-order valence-electron chi connectivity index (χ2n) is 31.6. The number of rotatable bonds is 4. The molecule has 0 N–H and O–H groups in total. The van der Waals surface area contributed by atoms with Gasteiger partial charge < -0.3 is 9.05 Å². The molecule has 6 atom stereocenters. The Hall–Kier alpha value is -4.24. The highest BCUT2D eigenvalue weighted by atomic mass is 15.0. The monoisotopic (exact) mass is 983 g/mol. The molecular weight excluding hydrogens is 904 g/mol. The smallest absolute Gasteiger partial charge is 0.333 e. The molecule has 13 bridgehead atoms. The quantitative estimate of drug-likeness (QED) is 0.156. The van der Waals surface area contributed by atoms with Gasteiger partial charge in [0.15, 0.2) is 0 Å². The molecule has 13 saturated carbocycles. The van der Waals surface area contributed by atoms with Crippen LogP contribution < -0.4 is 10.9 Å². The number of nitrogens with zero attached hydrogens (tertiary/aromatic N) is 2. The fourth-order valence-electron chi connectivity index (χ4n) is 25.7. The molecule has 6 unspecified atom stereocenters. The number of aryl methyl sites for hydroxylation is 1. The number of fused-ring (bicyclic) bond motifs is 14. The number of hydrogen-bond donors (Lipinski definition) is 0. The summed E-state index contributed by atoms with van der Waals surface area (Å²) in [5, 5.41) is 6.30. The molecule has 2 nitrogen and oxygen atoms in total. The van der Waals surface area contributed by atoms with Crippen molar-refractivity contribution in [2.75, 3.05) is 0 Å². The lowest BCUT2D eigenvalue weighted by atomic mass is 9.44. The number of benzene rings is 5. The summed E-state index contributed by atoms with van der Waals surface area (Å²) in [6, 6.07) is 33.3. The molecule has 3 heteroatoms. The van der Waals surface area contributed by atoms with Crippen molar-refractivity contribution in [2.45, 2.75) is 190 Å². The Balaban J connectivity index is 0.882. The van der Waals surface area contributed by atoms with E-state index < -0.39 is 0 Å². The minimum Gasteiger partial charge on any atom is -0.375 e. The van der Waals surface area contributed by atoms with Crippen molar-refractivity contribution in [1.82, 2.24) is 9.05 Å². The summed E-state index contributed by atoms with van der Waals surface area (Å²) in [5.74, 6) is 10.9. The molecule has 75 heavy (non-hydrogen) atoms. The van der Waals surface area contributed by atoms with Gasteiger partial charge >= 0.3 is 6.85 Å². The average Bonchev–Trinajstić information content (AvgIpc) is 4.14. The van der Waals surface area contributed by atoms with E-state index in [-0.39, 0.29) is 12.3 Å². The maximum absolute atomic E-state index is 3.02. The topological polar surface area (TPSA) is 9.86 Å². The Morgan fingerprint density at radius 2 is 0.933 bits per heavy atom. The van der Waals surface area contributed by atoms with Crippen LogP contribution in [0.2, 0.25) is 0 Å². The van der Waals surface area contributed by atoms with Crippen LogP contribution in [0.1, 0.15) is 189 Å². The zero-order chi connectivity index (χ0) is 48.8. The fraction of sp³-hybridized carbons (Fsp3) is 0.583. The van der Waals surface area contributed by atoms with E-state index in [1.807, 2.05) is 0 Å². The van der Waals surface area contributed by atoms with E-state index in [4.69, 9.17) is 0 Å². The molecule has 0 amide bonds. The van der Waals surface area contributed by atoms with Crippen molar-refractivity contribution < 1.29 is 0 Å². The van der Waals surface area contributed by atoms with Gasteiger partial charge in [0.25, 0.3) is 0 Å². The third-order valence-electron chi connectivity index (χ3n) is 26.9. The van der Waals surface area contributed by atoms with Crippen molar-refractivity contribution >= 4 is 61.4 Å². The fourth-order valence-corrected chi connectivity index (χ4v) is 25.7. The standard InChI is InChI=1S/C72H79BN2/c1-39-12-58-61-25-54(70-28-40(2)10-42(31-70)11-41(3)29-70)24-59-57-23-53(71-32-43-14-44(33-71)16-45(15-43)34-71)5-7-64(57)75(67(59)61)73-62-27-55(72-35-46-17-47(36-72)19-48(18-46)37-72)26-60-56-22-52(69-9-8-50-20-49(30-69)21-51(50)38-69)4-6-63(56)74(68(60)62)65(13-39)66(58)73/h4-7,12-13,22-27,40-51H,8-11,14-21,28-38H2,1-3H3. The molecule has 13 aliphatic carbocycles. The van der Waals surface area contributed by atoms with Gasteiger partial charge in [-0.25, -0.2) is 0 Å². The summed E-state index contributed by atoms with van der Waals surface area (Å²) >= 11 is 0. The Morgan fingerprint density at radius 3 is 1.60 bits per heavy atom. The van der Waals surface area contributed by atoms with Crippen LogP contribution in [-0.2, 0) is 21.7 Å². The molecule has 13 fully saturated rings. The van der Waals surface area contributed by atoms with Crippen LogP contribution in [0.15, 0.2) is 72.8 Å². The van der Waals surface area contributed by atoms with Crippen LogP contribution in [0.3, 0.4) is 0 Å². The molecule has 2 aliphatic heterocycles. The molecule has 5 aromatic carbocycles. The van der Waals surface area contributed by atoms with E-state index in [2.05, 4.69) is 103 Å². The van der Waals surface area contributed by atoms with Gasteiger partial charge in [0.1, 0.15) is 0 Å². The normalized spacial score (nSPS) is 41.6. The van der Waals surface area contributed by atoms with E-state index in [9.17, 15) is 0 Å². The highest BCUT2D eigenvalue weighted by molar-refractivity contribution is 6.90. The molecule has 0 radical (unpaired) electrons. The van der Waals surface area contributed by atoms with E-state index >= 15 is 0 Å². The minimum atomic E-state index is 0.141. The number of hydrogen-bond acceptors (Lipinski definition) is 0. The summed E-state index contributed by atoms with van der Waals surface area (Å²) in [6.45, 7) is 7.78. The zero-order valence-corrected chi connectivity index (χ0v) is 45.6. The molecule has 2 aromatic heterocycles. The van der Waals surface area contributed by atoms with Gasteiger partial charge in [0, 0.05) is 43.8 Å². The first kappa shape index (κ1) is 42.7. The largest absolute Gasteiger partial charge is 0.375 e. The molecule has 380 valence electrons. The summed E-state index contributed by atoms with van der Waals surface area (Å²) < 4.78 is 5.88. The van der Waals surface area contributed by atoms with Crippen molar-refractivity contribution in [3.8, 4) is 16.8 Å². The first-order chi connectivity index (χ1) is 36.5. The lowest BCUT2D eigenvalue weighted by Gasteiger charge is -2.57. The molecule has 15 aliphatic rings.